The van der Waals surface area contributed by atoms with E-state index in [1.54, 1.807) is 23.2 Å². The standard InChI is InChI=1S/C20H20N4O2/c21-18-12-15(8-10-22-18)20(25)24-11-9-17-16(13-24)23-19(26-17)7-6-14-4-2-1-3-5-14/h1-5,8,10,12H,6-7,9,11,13H2,(H2,21,22). The summed E-state index contributed by atoms with van der Waals surface area (Å²) in [7, 11) is 0. The summed E-state index contributed by atoms with van der Waals surface area (Å²) in [6.45, 7) is 1.08. The van der Waals surface area contributed by atoms with Crippen LogP contribution in [0.2, 0.25) is 0 Å². The molecule has 0 bridgehead atoms. The molecule has 0 atom stereocenters. The molecule has 0 aliphatic carbocycles. The maximum atomic E-state index is 12.7. The number of aromatic nitrogens is 2. The Kier molecular flexibility index (Phi) is 4.39. The van der Waals surface area contributed by atoms with Crippen molar-refractivity contribution >= 4 is 11.7 Å². The van der Waals surface area contributed by atoms with Gasteiger partial charge < -0.3 is 15.1 Å². The lowest BCUT2D eigenvalue weighted by molar-refractivity contribution is 0.0728. The Morgan fingerprint density at radius 2 is 2.04 bits per heavy atom. The van der Waals surface area contributed by atoms with E-state index < -0.39 is 0 Å². The van der Waals surface area contributed by atoms with Gasteiger partial charge in [-0.15, -0.1) is 0 Å². The van der Waals surface area contributed by atoms with Gasteiger partial charge in [0, 0.05) is 31.1 Å². The molecule has 2 N–H and O–H groups in total. The number of nitrogen functional groups attached to an aromatic ring is 1. The predicted molar refractivity (Wildman–Crippen MR) is 97.4 cm³/mol. The summed E-state index contributed by atoms with van der Waals surface area (Å²) in [6.07, 6.45) is 3.88. The number of oxazole rings is 1. The average Bonchev–Trinajstić information content (AvgIpc) is 3.08. The summed E-state index contributed by atoms with van der Waals surface area (Å²) in [4.78, 5) is 23.0. The van der Waals surface area contributed by atoms with Crippen molar-refractivity contribution in [3.05, 3.63) is 77.1 Å². The first-order valence-corrected chi connectivity index (χ1v) is 8.71. The third-order valence-corrected chi connectivity index (χ3v) is 4.56. The number of fused-ring (bicyclic) bond motifs is 1. The highest BCUT2D eigenvalue weighted by Gasteiger charge is 2.26. The predicted octanol–water partition coefficient (Wildman–Crippen LogP) is 2.64. The van der Waals surface area contributed by atoms with Gasteiger partial charge >= 0.3 is 0 Å². The van der Waals surface area contributed by atoms with E-state index in [-0.39, 0.29) is 5.91 Å². The zero-order valence-electron chi connectivity index (χ0n) is 14.4. The highest BCUT2D eigenvalue weighted by molar-refractivity contribution is 5.94. The number of hydrogen-bond acceptors (Lipinski definition) is 5. The van der Waals surface area contributed by atoms with E-state index in [4.69, 9.17) is 10.2 Å². The topological polar surface area (TPSA) is 85.3 Å². The van der Waals surface area contributed by atoms with Gasteiger partial charge in [0.25, 0.3) is 5.91 Å². The van der Waals surface area contributed by atoms with Crippen LogP contribution in [0.1, 0.15) is 33.3 Å². The number of benzene rings is 1. The van der Waals surface area contributed by atoms with Gasteiger partial charge in [-0.25, -0.2) is 9.97 Å². The van der Waals surface area contributed by atoms with Crippen molar-refractivity contribution in [3.63, 3.8) is 0 Å². The van der Waals surface area contributed by atoms with E-state index >= 15 is 0 Å². The number of nitrogens with zero attached hydrogens (tertiary/aromatic N) is 3. The highest BCUT2D eigenvalue weighted by atomic mass is 16.4. The zero-order chi connectivity index (χ0) is 17.9. The maximum Gasteiger partial charge on any atom is 0.254 e. The first-order valence-electron chi connectivity index (χ1n) is 8.71. The second-order valence-corrected chi connectivity index (χ2v) is 6.41. The molecule has 4 rings (SSSR count). The van der Waals surface area contributed by atoms with Crippen molar-refractivity contribution in [1.82, 2.24) is 14.9 Å². The molecule has 26 heavy (non-hydrogen) atoms. The molecule has 6 nitrogen and oxygen atoms in total. The Hall–Kier alpha value is -3.15. The molecule has 0 fully saturated rings. The SMILES string of the molecule is Nc1cc(C(=O)N2CCc3oc(CCc4ccccc4)nc3C2)ccn1. The molecule has 1 aromatic carbocycles. The van der Waals surface area contributed by atoms with Gasteiger partial charge in [0.05, 0.1) is 6.54 Å². The monoisotopic (exact) mass is 348 g/mol. The smallest absolute Gasteiger partial charge is 0.254 e. The van der Waals surface area contributed by atoms with Crippen LogP contribution in [0.4, 0.5) is 5.82 Å². The number of nitrogens with two attached hydrogens (primary N) is 1. The number of aryl methyl sites for hydroxylation is 2. The van der Waals surface area contributed by atoms with E-state index in [1.807, 2.05) is 18.2 Å². The molecule has 0 spiro atoms. The summed E-state index contributed by atoms with van der Waals surface area (Å²) in [6, 6.07) is 13.6. The minimum absolute atomic E-state index is 0.0569. The summed E-state index contributed by atoms with van der Waals surface area (Å²) in [5.74, 6) is 1.92. The lowest BCUT2D eigenvalue weighted by atomic mass is 10.1. The van der Waals surface area contributed by atoms with Crippen LogP contribution >= 0.6 is 0 Å². The van der Waals surface area contributed by atoms with Crippen LogP contribution in [-0.2, 0) is 25.8 Å². The van der Waals surface area contributed by atoms with Crippen LogP contribution in [0.3, 0.4) is 0 Å². The van der Waals surface area contributed by atoms with E-state index in [0.29, 0.717) is 30.9 Å². The lowest BCUT2D eigenvalue weighted by Crippen LogP contribution is -2.35. The van der Waals surface area contributed by atoms with Gasteiger partial charge in [0.15, 0.2) is 5.89 Å². The van der Waals surface area contributed by atoms with Gasteiger partial charge in [0.1, 0.15) is 17.3 Å². The first kappa shape index (κ1) is 16.3. The number of amides is 1. The molecule has 1 aliphatic rings. The number of carbonyl (C=O) groups is 1. The van der Waals surface area contributed by atoms with E-state index in [0.717, 1.165) is 30.2 Å². The molecule has 6 heteroatoms. The summed E-state index contributed by atoms with van der Waals surface area (Å²) in [5.41, 5.74) is 8.34. The van der Waals surface area contributed by atoms with Crippen molar-refractivity contribution in [3.8, 4) is 0 Å². The molecule has 0 saturated heterocycles. The summed E-state index contributed by atoms with van der Waals surface area (Å²) >= 11 is 0. The van der Waals surface area contributed by atoms with Crippen molar-refractivity contribution in [1.29, 1.82) is 0 Å². The molecule has 0 saturated carbocycles. The molecule has 3 aromatic rings. The van der Waals surface area contributed by atoms with E-state index in [2.05, 4.69) is 22.1 Å². The molecular formula is C20H20N4O2. The molecular weight excluding hydrogens is 328 g/mol. The normalized spacial score (nSPS) is 13.5. The fourth-order valence-electron chi connectivity index (χ4n) is 3.19. The molecule has 1 aliphatic heterocycles. The van der Waals surface area contributed by atoms with Gasteiger partial charge in [-0.1, -0.05) is 30.3 Å². The Labute approximate surface area is 151 Å². The van der Waals surface area contributed by atoms with Gasteiger partial charge in [0.2, 0.25) is 0 Å². The van der Waals surface area contributed by atoms with Crippen molar-refractivity contribution in [2.45, 2.75) is 25.8 Å². The molecule has 1 amide bonds. The summed E-state index contributed by atoms with van der Waals surface area (Å²) < 4.78 is 5.90. The van der Waals surface area contributed by atoms with Crippen molar-refractivity contribution < 1.29 is 9.21 Å². The van der Waals surface area contributed by atoms with Crippen LogP contribution < -0.4 is 5.73 Å². The largest absolute Gasteiger partial charge is 0.445 e. The number of pyridine rings is 1. The molecule has 3 heterocycles. The average molecular weight is 348 g/mol. The van der Waals surface area contributed by atoms with Crippen LogP contribution in [0.15, 0.2) is 53.1 Å². The highest BCUT2D eigenvalue weighted by Crippen LogP contribution is 2.22. The summed E-state index contributed by atoms with van der Waals surface area (Å²) in [5, 5.41) is 0. The Balaban J connectivity index is 1.44. The fourth-order valence-corrected chi connectivity index (χ4v) is 3.19. The minimum atomic E-state index is -0.0569. The second-order valence-electron chi connectivity index (χ2n) is 6.41. The second kappa shape index (κ2) is 7.00. The molecule has 0 unspecified atom stereocenters. The van der Waals surface area contributed by atoms with Gasteiger partial charge in [-0.2, -0.15) is 0 Å². The van der Waals surface area contributed by atoms with Gasteiger partial charge in [-0.05, 0) is 24.1 Å². The minimum Gasteiger partial charge on any atom is -0.445 e. The Morgan fingerprint density at radius 1 is 1.19 bits per heavy atom. The molecule has 132 valence electrons. The van der Waals surface area contributed by atoms with Gasteiger partial charge in [-0.3, -0.25) is 4.79 Å². The van der Waals surface area contributed by atoms with E-state index in [9.17, 15) is 4.79 Å². The van der Waals surface area contributed by atoms with Crippen LogP contribution in [0.25, 0.3) is 0 Å². The lowest BCUT2D eigenvalue weighted by Gasteiger charge is -2.25. The van der Waals surface area contributed by atoms with Crippen LogP contribution in [-0.4, -0.2) is 27.3 Å². The fraction of sp³-hybridized carbons (Fsp3) is 0.250. The Morgan fingerprint density at radius 3 is 2.85 bits per heavy atom. The molecule has 0 radical (unpaired) electrons. The van der Waals surface area contributed by atoms with E-state index in [1.165, 1.54) is 5.56 Å². The number of anilines is 1. The number of carbonyl (C=O) groups excluding carboxylic acids is 1. The van der Waals surface area contributed by atoms with Crippen molar-refractivity contribution in [2.75, 3.05) is 12.3 Å². The van der Waals surface area contributed by atoms with Crippen LogP contribution in [0, 0.1) is 0 Å². The first-order chi connectivity index (χ1) is 12.7. The van der Waals surface area contributed by atoms with Crippen molar-refractivity contribution in [2.24, 2.45) is 0 Å². The maximum absolute atomic E-state index is 12.7. The Bertz CT molecular complexity index is 921. The quantitative estimate of drug-likeness (QED) is 0.783. The third kappa shape index (κ3) is 3.44. The zero-order valence-corrected chi connectivity index (χ0v) is 14.4. The molecule has 2 aromatic heterocycles. The third-order valence-electron chi connectivity index (χ3n) is 4.56. The number of rotatable bonds is 4. The number of hydrogen-bond donors (Lipinski definition) is 1. The van der Waals surface area contributed by atoms with Crippen LogP contribution in [0.5, 0.6) is 0 Å².